The normalized spacial score (nSPS) is 17.4. The van der Waals surface area contributed by atoms with Gasteiger partial charge in [0.15, 0.2) is 5.82 Å². The Morgan fingerprint density at radius 3 is 2.45 bits per heavy atom. The van der Waals surface area contributed by atoms with Crippen molar-refractivity contribution in [3.8, 4) is 17.1 Å². The fourth-order valence-electron chi connectivity index (χ4n) is 3.95. The summed E-state index contributed by atoms with van der Waals surface area (Å²) in [4.78, 5) is 18.0. The summed E-state index contributed by atoms with van der Waals surface area (Å²) in [6, 6.07) is 14.3. The zero-order chi connectivity index (χ0) is 21.2. The Hall–Kier alpha value is -3.23. The molecule has 2 saturated heterocycles. The van der Waals surface area contributed by atoms with E-state index in [1.807, 2.05) is 13.0 Å². The van der Waals surface area contributed by atoms with E-state index in [1.165, 1.54) is 12.0 Å². The Kier molecular flexibility index (Phi) is 5.40. The van der Waals surface area contributed by atoms with Crippen LogP contribution in [0.3, 0.4) is 0 Å². The number of piperazine rings is 1. The number of ether oxygens (including phenoxy) is 1. The number of nitrogens with zero attached hydrogens (tertiary/aromatic N) is 5. The highest BCUT2D eigenvalue weighted by Crippen LogP contribution is 2.25. The molecule has 0 unspecified atom stereocenters. The minimum Gasteiger partial charge on any atom is -0.508 e. The van der Waals surface area contributed by atoms with Crippen molar-refractivity contribution in [1.82, 2.24) is 19.9 Å². The third-order valence-corrected chi connectivity index (χ3v) is 5.97. The molecule has 2 fully saturated rings. The maximum absolute atomic E-state index is 9.73. The van der Waals surface area contributed by atoms with Crippen molar-refractivity contribution >= 4 is 17.3 Å². The number of hydrogen-bond donors (Lipinski definition) is 2. The zero-order valence-electron chi connectivity index (χ0n) is 17.5. The molecule has 2 aliphatic rings. The van der Waals surface area contributed by atoms with Crippen LogP contribution in [0.15, 0.2) is 48.8 Å². The molecule has 0 bridgehead atoms. The summed E-state index contributed by atoms with van der Waals surface area (Å²) in [7, 11) is 0. The van der Waals surface area contributed by atoms with Gasteiger partial charge in [-0.2, -0.15) is 4.98 Å². The fourth-order valence-corrected chi connectivity index (χ4v) is 3.95. The molecule has 0 radical (unpaired) electrons. The first-order valence-electron chi connectivity index (χ1n) is 10.6. The highest BCUT2D eigenvalue weighted by Gasteiger charge is 2.28. The quantitative estimate of drug-likeness (QED) is 0.654. The lowest BCUT2D eigenvalue weighted by Gasteiger charge is -2.43. The second kappa shape index (κ2) is 8.49. The molecule has 1 aromatic heterocycles. The number of nitrogens with one attached hydrogen (secondary N) is 1. The topological polar surface area (TPSA) is 86.6 Å². The van der Waals surface area contributed by atoms with Gasteiger partial charge in [0.25, 0.3) is 0 Å². The van der Waals surface area contributed by atoms with Crippen LogP contribution in [0.4, 0.5) is 17.3 Å². The number of aromatic hydroxyl groups is 1. The second-order valence-electron chi connectivity index (χ2n) is 8.02. The van der Waals surface area contributed by atoms with Gasteiger partial charge in [0.05, 0.1) is 19.3 Å². The van der Waals surface area contributed by atoms with Crippen LogP contribution in [0.2, 0.25) is 0 Å². The van der Waals surface area contributed by atoms with E-state index >= 15 is 0 Å². The molecule has 2 aliphatic heterocycles. The fraction of sp³-hybridized carbons (Fsp3) is 0.348. The molecular formula is C23H26N6O2. The Morgan fingerprint density at radius 2 is 1.77 bits per heavy atom. The summed E-state index contributed by atoms with van der Waals surface area (Å²) in [5, 5.41) is 13.0. The molecule has 2 aromatic carbocycles. The van der Waals surface area contributed by atoms with E-state index in [0.717, 1.165) is 56.2 Å². The number of aromatic nitrogens is 3. The van der Waals surface area contributed by atoms with Crippen molar-refractivity contribution in [3.63, 3.8) is 0 Å². The maximum atomic E-state index is 9.73. The predicted molar refractivity (Wildman–Crippen MR) is 120 cm³/mol. The second-order valence-corrected chi connectivity index (χ2v) is 8.02. The van der Waals surface area contributed by atoms with Crippen molar-refractivity contribution < 1.29 is 9.84 Å². The van der Waals surface area contributed by atoms with E-state index in [4.69, 9.17) is 4.74 Å². The lowest BCUT2D eigenvalue weighted by molar-refractivity contribution is -0.0660. The van der Waals surface area contributed by atoms with Gasteiger partial charge in [-0.05, 0) is 55.0 Å². The number of aryl methyl sites for hydroxylation is 1. The number of anilines is 3. The van der Waals surface area contributed by atoms with Crippen LogP contribution >= 0.6 is 0 Å². The van der Waals surface area contributed by atoms with Crippen molar-refractivity contribution in [2.24, 2.45) is 0 Å². The number of hydrogen-bond acceptors (Lipinski definition) is 8. The van der Waals surface area contributed by atoms with Crippen LogP contribution in [0.25, 0.3) is 11.4 Å². The monoisotopic (exact) mass is 418 g/mol. The molecule has 0 amide bonds. The third-order valence-electron chi connectivity index (χ3n) is 5.97. The Balaban J connectivity index is 1.23. The minimum atomic E-state index is 0.259. The van der Waals surface area contributed by atoms with Crippen molar-refractivity contribution in [1.29, 1.82) is 0 Å². The molecular weight excluding hydrogens is 392 g/mol. The van der Waals surface area contributed by atoms with Crippen LogP contribution in [-0.4, -0.2) is 70.4 Å². The Morgan fingerprint density at radius 1 is 1.00 bits per heavy atom. The number of phenolic OH excluding ortho intramolecular Hbond substituents is 1. The average molecular weight is 419 g/mol. The van der Waals surface area contributed by atoms with Crippen molar-refractivity contribution in [2.75, 3.05) is 49.6 Å². The number of phenols is 1. The minimum absolute atomic E-state index is 0.259. The Bertz CT molecular complexity index is 1050. The van der Waals surface area contributed by atoms with Crippen LogP contribution in [0.1, 0.15) is 5.56 Å². The molecule has 0 saturated carbocycles. The molecule has 5 rings (SSSR count). The summed E-state index contributed by atoms with van der Waals surface area (Å²) < 4.78 is 5.32. The predicted octanol–water partition coefficient (Wildman–Crippen LogP) is 2.82. The molecule has 3 heterocycles. The van der Waals surface area contributed by atoms with Gasteiger partial charge in [-0.3, -0.25) is 4.90 Å². The largest absolute Gasteiger partial charge is 0.508 e. The van der Waals surface area contributed by atoms with E-state index < -0.39 is 0 Å². The highest BCUT2D eigenvalue weighted by atomic mass is 16.5. The van der Waals surface area contributed by atoms with Gasteiger partial charge in [-0.15, -0.1) is 0 Å². The molecule has 8 heteroatoms. The summed E-state index contributed by atoms with van der Waals surface area (Å²) in [6.07, 6.45) is 1.49. The third kappa shape index (κ3) is 4.30. The summed E-state index contributed by atoms with van der Waals surface area (Å²) in [5.41, 5.74) is 3.77. The van der Waals surface area contributed by atoms with Crippen LogP contribution in [0, 0.1) is 6.92 Å². The average Bonchev–Trinajstić information content (AvgIpc) is 2.76. The molecule has 3 aromatic rings. The van der Waals surface area contributed by atoms with Gasteiger partial charge in [0.2, 0.25) is 5.95 Å². The maximum Gasteiger partial charge on any atom is 0.230 e. The van der Waals surface area contributed by atoms with Crippen LogP contribution in [-0.2, 0) is 4.74 Å². The number of benzene rings is 2. The van der Waals surface area contributed by atoms with E-state index in [-0.39, 0.29) is 5.75 Å². The lowest BCUT2D eigenvalue weighted by atomic mass is 10.1. The first-order chi connectivity index (χ1) is 15.2. The van der Waals surface area contributed by atoms with E-state index in [0.29, 0.717) is 17.8 Å². The highest BCUT2D eigenvalue weighted by molar-refractivity contribution is 5.62. The summed E-state index contributed by atoms with van der Waals surface area (Å²) in [5.74, 6) is 1.31. The lowest BCUT2D eigenvalue weighted by Crippen LogP contribution is -2.56. The number of rotatable bonds is 5. The molecule has 0 aliphatic carbocycles. The summed E-state index contributed by atoms with van der Waals surface area (Å²) >= 11 is 0. The first kappa shape index (κ1) is 19.7. The molecule has 160 valence electrons. The van der Waals surface area contributed by atoms with Gasteiger partial charge in [-0.25, -0.2) is 9.97 Å². The molecule has 0 spiro atoms. The molecule has 31 heavy (non-hydrogen) atoms. The van der Waals surface area contributed by atoms with E-state index in [9.17, 15) is 5.11 Å². The van der Waals surface area contributed by atoms with Crippen LogP contribution in [0.5, 0.6) is 5.75 Å². The van der Waals surface area contributed by atoms with Gasteiger partial charge in [-0.1, -0.05) is 0 Å². The standard InChI is InChI=1S/C23H26N6O2/c1-16-12-17(2-7-21(16)30)22-24-15-25-23(27-22)26-18-3-5-19(6-4-18)28-8-10-29(11-9-28)20-13-31-14-20/h2-7,12,15,20,30H,8-11,13-14H2,1H3,(H,24,25,26,27). The van der Waals surface area contributed by atoms with Gasteiger partial charge >= 0.3 is 0 Å². The van der Waals surface area contributed by atoms with Crippen molar-refractivity contribution in [3.05, 3.63) is 54.4 Å². The molecule has 2 N–H and O–H groups in total. The van der Waals surface area contributed by atoms with Crippen molar-refractivity contribution in [2.45, 2.75) is 13.0 Å². The molecule has 8 nitrogen and oxygen atoms in total. The van der Waals surface area contributed by atoms with E-state index in [2.05, 4.69) is 54.3 Å². The first-order valence-corrected chi connectivity index (χ1v) is 10.6. The zero-order valence-corrected chi connectivity index (χ0v) is 17.5. The molecule has 0 atom stereocenters. The van der Waals surface area contributed by atoms with Gasteiger partial charge in [0, 0.05) is 43.1 Å². The smallest absolute Gasteiger partial charge is 0.230 e. The SMILES string of the molecule is Cc1cc(-c2ncnc(Nc3ccc(N4CCN(C5COC5)CC4)cc3)n2)ccc1O. The Labute approximate surface area is 181 Å². The summed E-state index contributed by atoms with van der Waals surface area (Å²) in [6.45, 7) is 7.84. The van der Waals surface area contributed by atoms with Gasteiger partial charge in [0.1, 0.15) is 12.1 Å². The van der Waals surface area contributed by atoms with Gasteiger partial charge < -0.3 is 20.1 Å². The van der Waals surface area contributed by atoms with Crippen LogP contribution < -0.4 is 10.2 Å². The van der Waals surface area contributed by atoms with E-state index in [1.54, 1.807) is 12.1 Å².